The lowest BCUT2D eigenvalue weighted by molar-refractivity contribution is 1.60. The second kappa shape index (κ2) is 6.34. The molecule has 136 valence electrons. The molecule has 0 heterocycles. The lowest BCUT2D eigenvalue weighted by atomic mass is 9.89. The molecular weight excluding hydrogens is 372 g/mol. The predicted molar refractivity (Wildman–Crippen MR) is 126 cm³/mol. The highest BCUT2D eigenvalue weighted by atomic mass is 35.5. The monoisotopic (exact) mass is 388 g/mol. The largest absolute Gasteiger partial charge is 0.0843 e. The summed E-state index contributed by atoms with van der Waals surface area (Å²) in [7, 11) is 0. The minimum absolute atomic E-state index is 0.757. The Morgan fingerprint density at radius 3 is 1.90 bits per heavy atom. The third-order valence-electron chi connectivity index (χ3n) is 5.84. The molecular formula is C28H17Cl. The average molecular weight is 389 g/mol. The minimum Gasteiger partial charge on any atom is -0.0843 e. The van der Waals surface area contributed by atoms with Crippen molar-refractivity contribution in [2.75, 3.05) is 0 Å². The fourth-order valence-electron chi connectivity index (χ4n) is 4.53. The molecule has 29 heavy (non-hydrogen) atoms. The van der Waals surface area contributed by atoms with Crippen molar-refractivity contribution in [3.63, 3.8) is 0 Å². The van der Waals surface area contributed by atoms with Crippen molar-refractivity contribution in [2.45, 2.75) is 0 Å². The molecule has 6 aromatic carbocycles. The van der Waals surface area contributed by atoms with Gasteiger partial charge in [-0.1, -0.05) is 96.5 Å². The summed E-state index contributed by atoms with van der Waals surface area (Å²) in [6, 6.07) is 36.7. The van der Waals surface area contributed by atoms with E-state index in [4.69, 9.17) is 11.6 Å². The number of hydrogen-bond acceptors (Lipinski definition) is 0. The number of rotatable bonds is 2. The molecule has 0 atom stereocenters. The van der Waals surface area contributed by atoms with E-state index in [0.717, 1.165) is 16.1 Å². The highest BCUT2D eigenvalue weighted by Crippen LogP contribution is 2.40. The molecule has 0 aliphatic carbocycles. The molecule has 0 amide bonds. The van der Waals surface area contributed by atoms with Crippen LogP contribution in [-0.4, -0.2) is 0 Å². The van der Waals surface area contributed by atoms with Crippen LogP contribution in [0.15, 0.2) is 103 Å². The quantitative estimate of drug-likeness (QED) is 0.260. The number of benzene rings is 6. The van der Waals surface area contributed by atoms with Gasteiger partial charge in [0.25, 0.3) is 0 Å². The summed E-state index contributed by atoms with van der Waals surface area (Å²) >= 11 is 6.55. The molecule has 6 rings (SSSR count). The predicted octanol–water partition coefficient (Wildman–Crippen LogP) is 8.57. The fraction of sp³-hybridized carbons (Fsp3) is 0. The molecule has 0 spiro atoms. The molecule has 0 aliphatic rings. The lowest BCUT2D eigenvalue weighted by Crippen LogP contribution is -1.88. The van der Waals surface area contributed by atoms with E-state index in [1.54, 1.807) is 0 Å². The molecule has 0 aliphatic heterocycles. The molecule has 0 nitrogen and oxygen atoms in total. The van der Waals surface area contributed by atoms with E-state index in [0.29, 0.717) is 0 Å². The van der Waals surface area contributed by atoms with Gasteiger partial charge in [-0.15, -0.1) is 0 Å². The van der Waals surface area contributed by atoms with Crippen LogP contribution in [0.25, 0.3) is 54.6 Å². The standard InChI is InChI=1S/C28H17Cl/c29-24-16-22(18-5-2-1-3-6-18)15-23(17-24)25-13-11-21-10-9-19-7-4-8-20-12-14-26(25)28(21)27(19)20/h1-17H. The smallest absolute Gasteiger partial charge is 0.0418 e. The van der Waals surface area contributed by atoms with E-state index < -0.39 is 0 Å². The summed E-state index contributed by atoms with van der Waals surface area (Å²) in [5.41, 5.74) is 4.68. The SMILES string of the molecule is Clc1cc(-c2ccccc2)cc(-c2ccc3ccc4cccc5ccc2c3c45)c1. The Bertz CT molecular complexity index is 1480. The zero-order valence-corrected chi connectivity index (χ0v) is 16.4. The first-order valence-corrected chi connectivity index (χ1v) is 10.2. The van der Waals surface area contributed by atoms with Gasteiger partial charge in [0, 0.05) is 5.02 Å². The van der Waals surface area contributed by atoms with Gasteiger partial charge in [0.1, 0.15) is 0 Å². The summed E-state index contributed by atoms with van der Waals surface area (Å²) in [5.74, 6) is 0. The first-order chi connectivity index (χ1) is 14.3. The van der Waals surface area contributed by atoms with Crippen molar-refractivity contribution in [3.8, 4) is 22.3 Å². The van der Waals surface area contributed by atoms with Gasteiger partial charge in [0.2, 0.25) is 0 Å². The molecule has 0 bridgehead atoms. The Kier molecular flexibility index (Phi) is 3.62. The zero-order chi connectivity index (χ0) is 19.4. The van der Waals surface area contributed by atoms with Crippen LogP contribution in [-0.2, 0) is 0 Å². The maximum Gasteiger partial charge on any atom is 0.0418 e. The van der Waals surface area contributed by atoms with Gasteiger partial charge >= 0.3 is 0 Å². The first kappa shape index (κ1) is 16.6. The van der Waals surface area contributed by atoms with Crippen LogP contribution < -0.4 is 0 Å². The number of hydrogen-bond donors (Lipinski definition) is 0. The van der Waals surface area contributed by atoms with E-state index in [1.807, 2.05) is 12.1 Å². The van der Waals surface area contributed by atoms with E-state index >= 15 is 0 Å². The summed E-state index contributed by atoms with van der Waals surface area (Å²) in [6.45, 7) is 0. The highest BCUT2D eigenvalue weighted by Gasteiger charge is 2.13. The van der Waals surface area contributed by atoms with Gasteiger partial charge in [-0.25, -0.2) is 0 Å². The van der Waals surface area contributed by atoms with Crippen LogP contribution in [0.3, 0.4) is 0 Å². The topological polar surface area (TPSA) is 0 Å². The van der Waals surface area contributed by atoms with Crippen molar-refractivity contribution >= 4 is 43.9 Å². The van der Waals surface area contributed by atoms with Crippen molar-refractivity contribution in [2.24, 2.45) is 0 Å². The molecule has 6 aromatic rings. The Balaban J connectivity index is 1.67. The molecule has 0 radical (unpaired) electrons. The number of halogens is 1. The minimum atomic E-state index is 0.757. The summed E-state index contributed by atoms with van der Waals surface area (Å²) in [5, 5.41) is 8.55. The average Bonchev–Trinajstić information content (AvgIpc) is 2.77. The molecule has 0 saturated carbocycles. The van der Waals surface area contributed by atoms with Gasteiger partial charge in [0.05, 0.1) is 0 Å². The van der Waals surface area contributed by atoms with Crippen molar-refractivity contribution < 1.29 is 0 Å². The van der Waals surface area contributed by atoms with Crippen LogP contribution in [0.4, 0.5) is 0 Å². The zero-order valence-electron chi connectivity index (χ0n) is 15.7. The van der Waals surface area contributed by atoms with Gasteiger partial charge in [-0.3, -0.25) is 0 Å². The second-order valence-corrected chi connectivity index (χ2v) is 8.00. The Morgan fingerprint density at radius 1 is 0.448 bits per heavy atom. The molecule has 0 saturated heterocycles. The van der Waals surface area contributed by atoms with Crippen LogP contribution in [0.2, 0.25) is 5.02 Å². The van der Waals surface area contributed by atoms with E-state index in [2.05, 4.69) is 91.0 Å². The molecule has 0 unspecified atom stereocenters. The third kappa shape index (κ3) is 2.61. The van der Waals surface area contributed by atoms with E-state index in [-0.39, 0.29) is 0 Å². The Morgan fingerprint density at radius 2 is 1.10 bits per heavy atom. The second-order valence-electron chi connectivity index (χ2n) is 7.56. The van der Waals surface area contributed by atoms with Crippen molar-refractivity contribution in [1.29, 1.82) is 0 Å². The fourth-order valence-corrected chi connectivity index (χ4v) is 4.76. The molecule has 0 N–H and O–H groups in total. The first-order valence-electron chi connectivity index (χ1n) is 9.81. The maximum absolute atomic E-state index is 6.55. The third-order valence-corrected chi connectivity index (χ3v) is 6.06. The summed E-state index contributed by atoms with van der Waals surface area (Å²) < 4.78 is 0. The molecule has 0 aromatic heterocycles. The van der Waals surface area contributed by atoms with E-state index in [1.165, 1.54) is 43.4 Å². The van der Waals surface area contributed by atoms with E-state index in [9.17, 15) is 0 Å². The van der Waals surface area contributed by atoms with Gasteiger partial charge in [-0.2, -0.15) is 0 Å². The van der Waals surface area contributed by atoms with Crippen LogP contribution in [0.5, 0.6) is 0 Å². The van der Waals surface area contributed by atoms with Crippen molar-refractivity contribution in [1.82, 2.24) is 0 Å². The maximum atomic E-state index is 6.55. The Labute approximate surface area is 174 Å². The van der Waals surface area contributed by atoms with Gasteiger partial charge in [0.15, 0.2) is 0 Å². The summed E-state index contributed by atoms with van der Waals surface area (Å²) in [4.78, 5) is 0. The molecule has 0 fully saturated rings. The van der Waals surface area contributed by atoms with Crippen molar-refractivity contribution in [3.05, 3.63) is 108 Å². The molecule has 1 heteroatoms. The summed E-state index contributed by atoms with van der Waals surface area (Å²) in [6.07, 6.45) is 0. The lowest BCUT2D eigenvalue weighted by Gasteiger charge is -2.15. The van der Waals surface area contributed by atoms with Crippen LogP contribution >= 0.6 is 11.6 Å². The highest BCUT2D eigenvalue weighted by molar-refractivity contribution is 6.31. The normalized spacial score (nSPS) is 11.6. The van der Waals surface area contributed by atoms with Gasteiger partial charge in [-0.05, 0) is 72.8 Å². The van der Waals surface area contributed by atoms with Gasteiger partial charge < -0.3 is 0 Å². The van der Waals surface area contributed by atoms with Crippen LogP contribution in [0, 0.1) is 0 Å². The van der Waals surface area contributed by atoms with Crippen LogP contribution in [0.1, 0.15) is 0 Å². The Hall–Kier alpha value is -3.35.